The monoisotopic (exact) mass is 418 g/mol. The van der Waals surface area contributed by atoms with E-state index >= 15 is 0 Å². The highest BCUT2D eigenvalue weighted by Crippen LogP contribution is 2.36. The summed E-state index contributed by atoms with van der Waals surface area (Å²) in [7, 11) is 0. The molecule has 0 unspecified atom stereocenters. The van der Waals surface area contributed by atoms with Gasteiger partial charge in [0.1, 0.15) is 0 Å². The van der Waals surface area contributed by atoms with Crippen LogP contribution in [0.25, 0.3) is 0 Å². The Morgan fingerprint density at radius 3 is 2.32 bits per heavy atom. The molecule has 1 atom stereocenters. The maximum atomic E-state index is 6.00. The molecule has 2 aromatic carbocycles. The Bertz CT molecular complexity index is 631. The summed E-state index contributed by atoms with van der Waals surface area (Å²) in [5.41, 5.74) is 1.44. The molecule has 0 saturated carbocycles. The molecule has 2 nitrogen and oxygen atoms in total. The van der Waals surface area contributed by atoms with E-state index < -0.39 is 0 Å². The van der Waals surface area contributed by atoms with Crippen LogP contribution in [0, 0.1) is 0 Å². The van der Waals surface area contributed by atoms with Crippen molar-refractivity contribution in [2.24, 2.45) is 0 Å². The molecule has 6 heteroatoms. The number of nitrogens with one attached hydrogen (secondary N) is 1. The fraction of sp³-hybridized carbons (Fsp3) is 0.368. The van der Waals surface area contributed by atoms with Gasteiger partial charge in [0.2, 0.25) is 0 Å². The quantitative estimate of drug-likeness (QED) is 0.670. The molecule has 0 amide bonds. The van der Waals surface area contributed by atoms with Gasteiger partial charge in [-0.15, -0.1) is 24.8 Å². The van der Waals surface area contributed by atoms with Gasteiger partial charge in [-0.3, -0.25) is 4.90 Å². The highest BCUT2D eigenvalue weighted by atomic mass is 35.5. The first kappa shape index (κ1) is 22.6. The fourth-order valence-electron chi connectivity index (χ4n) is 3.15. The lowest BCUT2D eigenvalue weighted by molar-refractivity contribution is 0.167. The topological polar surface area (TPSA) is 15.3 Å². The van der Waals surface area contributed by atoms with Crippen molar-refractivity contribution in [3.05, 3.63) is 59.1 Å². The van der Waals surface area contributed by atoms with Crippen LogP contribution in [-0.4, -0.2) is 31.1 Å². The van der Waals surface area contributed by atoms with Crippen LogP contribution in [0.2, 0.25) is 5.02 Å². The Hall–Kier alpha value is -0.420. The number of benzene rings is 2. The van der Waals surface area contributed by atoms with Crippen molar-refractivity contribution in [3.63, 3.8) is 0 Å². The summed E-state index contributed by atoms with van der Waals surface area (Å²) in [5.74, 6) is 0. The SMILES string of the molecule is CC[C@@H](c1ccccc1Sc1ccc(Cl)cc1)N1CCNCC1.Cl.Cl. The van der Waals surface area contributed by atoms with Crippen LogP contribution in [0.1, 0.15) is 24.9 Å². The van der Waals surface area contributed by atoms with Crippen LogP contribution in [-0.2, 0) is 0 Å². The molecular formula is C19H25Cl3N2S. The molecule has 1 heterocycles. The smallest absolute Gasteiger partial charge is 0.0406 e. The van der Waals surface area contributed by atoms with Gasteiger partial charge in [0.25, 0.3) is 0 Å². The number of nitrogens with zero attached hydrogens (tertiary/aromatic N) is 1. The predicted molar refractivity (Wildman–Crippen MR) is 114 cm³/mol. The number of rotatable bonds is 5. The minimum Gasteiger partial charge on any atom is -0.314 e. The molecule has 1 aliphatic heterocycles. The molecule has 0 aliphatic carbocycles. The van der Waals surface area contributed by atoms with Crippen molar-refractivity contribution in [2.45, 2.75) is 29.2 Å². The van der Waals surface area contributed by atoms with Gasteiger partial charge < -0.3 is 5.32 Å². The van der Waals surface area contributed by atoms with Crippen molar-refractivity contribution in [3.8, 4) is 0 Å². The molecule has 1 aliphatic rings. The Balaban J connectivity index is 0.00000156. The van der Waals surface area contributed by atoms with Crippen molar-refractivity contribution in [2.75, 3.05) is 26.2 Å². The van der Waals surface area contributed by atoms with E-state index in [2.05, 4.69) is 53.5 Å². The van der Waals surface area contributed by atoms with Crippen molar-refractivity contribution >= 4 is 48.2 Å². The zero-order chi connectivity index (χ0) is 16.1. The van der Waals surface area contributed by atoms with E-state index in [9.17, 15) is 0 Å². The highest BCUT2D eigenvalue weighted by Gasteiger charge is 2.22. The number of piperazine rings is 1. The van der Waals surface area contributed by atoms with Gasteiger partial charge in [-0.2, -0.15) is 0 Å². The predicted octanol–water partition coefficient (Wildman–Crippen LogP) is 5.69. The van der Waals surface area contributed by atoms with Gasteiger partial charge in [0.15, 0.2) is 0 Å². The van der Waals surface area contributed by atoms with E-state index in [0.717, 1.165) is 37.6 Å². The van der Waals surface area contributed by atoms with Gasteiger partial charge in [-0.1, -0.05) is 48.5 Å². The minimum atomic E-state index is 0. The number of hydrogen-bond acceptors (Lipinski definition) is 3. The Labute approximate surface area is 172 Å². The Morgan fingerprint density at radius 2 is 1.68 bits per heavy atom. The van der Waals surface area contributed by atoms with Gasteiger partial charge in [0.05, 0.1) is 0 Å². The lowest BCUT2D eigenvalue weighted by Gasteiger charge is -2.35. The van der Waals surface area contributed by atoms with Crippen LogP contribution >= 0.6 is 48.2 Å². The van der Waals surface area contributed by atoms with Crippen LogP contribution in [0.3, 0.4) is 0 Å². The van der Waals surface area contributed by atoms with E-state index in [1.807, 2.05) is 23.9 Å². The van der Waals surface area contributed by atoms with Gasteiger partial charge in [-0.05, 0) is 42.3 Å². The van der Waals surface area contributed by atoms with Crippen molar-refractivity contribution < 1.29 is 0 Å². The molecule has 1 saturated heterocycles. The standard InChI is InChI=1S/C19H23ClN2S.2ClH/c1-2-18(22-13-11-21-12-14-22)17-5-3-4-6-19(17)23-16-9-7-15(20)8-10-16;;/h3-10,18,21H,2,11-14H2,1H3;2*1H/t18-;;/m0../s1. The summed E-state index contributed by atoms with van der Waals surface area (Å²) in [5, 5.41) is 4.23. The minimum absolute atomic E-state index is 0. The molecule has 1 N–H and O–H groups in total. The summed E-state index contributed by atoms with van der Waals surface area (Å²) >= 11 is 7.83. The van der Waals surface area contributed by atoms with Crippen LogP contribution in [0.4, 0.5) is 0 Å². The van der Waals surface area contributed by atoms with Gasteiger partial charge in [-0.25, -0.2) is 0 Å². The van der Waals surface area contributed by atoms with E-state index in [-0.39, 0.29) is 24.8 Å². The number of halogens is 3. The zero-order valence-electron chi connectivity index (χ0n) is 14.3. The lowest BCUT2D eigenvalue weighted by atomic mass is 10.0. The zero-order valence-corrected chi connectivity index (χ0v) is 17.5. The third-order valence-electron chi connectivity index (χ3n) is 4.30. The molecule has 0 bridgehead atoms. The molecule has 0 spiro atoms. The average molecular weight is 420 g/mol. The molecule has 138 valence electrons. The van der Waals surface area contributed by atoms with E-state index in [1.165, 1.54) is 15.4 Å². The third kappa shape index (κ3) is 6.06. The second-order valence-corrected chi connectivity index (χ2v) is 7.36. The molecule has 2 aromatic rings. The summed E-state index contributed by atoms with van der Waals surface area (Å²) in [6, 6.07) is 17.4. The van der Waals surface area contributed by atoms with E-state index in [0.29, 0.717) is 6.04 Å². The molecular weight excluding hydrogens is 395 g/mol. The van der Waals surface area contributed by atoms with Crippen LogP contribution in [0.5, 0.6) is 0 Å². The molecule has 3 rings (SSSR count). The lowest BCUT2D eigenvalue weighted by Crippen LogP contribution is -2.45. The molecule has 1 fully saturated rings. The first-order valence-corrected chi connectivity index (χ1v) is 9.44. The maximum Gasteiger partial charge on any atom is 0.0406 e. The first-order chi connectivity index (χ1) is 11.3. The second kappa shape index (κ2) is 11.3. The normalized spacial score (nSPS) is 15.8. The number of hydrogen-bond donors (Lipinski definition) is 1. The van der Waals surface area contributed by atoms with Crippen molar-refractivity contribution in [1.82, 2.24) is 10.2 Å². The summed E-state index contributed by atoms with van der Waals surface area (Å²) < 4.78 is 0. The fourth-order valence-corrected chi connectivity index (χ4v) is 4.27. The molecule has 0 aromatic heterocycles. The Kier molecular flexibility index (Phi) is 10.2. The third-order valence-corrected chi connectivity index (χ3v) is 5.65. The van der Waals surface area contributed by atoms with Gasteiger partial charge in [0, 0.05) is 47.0 Å². The summed E-state index contributed by atoms with van der Waals surface area (Å²) in [6.45, 7) is 6.71. The van der Waals surface area contributed by atoms with Crippen molar-refractivity contribution in [1.29, 1.82) is 0 Å². The molecule has 0 radical (unpaired) electrons. The van der Waals surface area contributed by atoms with Crippen LogP contribution in [0.15, 0.2) is 58.3 Å². The highest BCUT2D eigenvalue weighted by molar-refractivity contribution is 7.99. The first-order valence-electron chi connectivity index (χ1n) is 8.25. The largest absolute Gasteiger partial charge is 0.314 e. The van der Waals surface area contributed by atoms with Gasteiger partial charge >= 0.3 is 0 Å². The molecule has 25 heavy (non-hydrogen) atoms. The Morgan fingerprint density at radius 1 is 1.04 bits per heavy atom. The summed E-state index contributed by atoms with van der Waals surface area (Å²) in [6.07, 6.45) is 1.14. The maximum absolute atomic E-state index is 6.00. The van der Waals surface area contributed by atoms with E-state index in [4.69, 9.17) is 11.6 Å². The summed E-state index contributed by atoms with van der Waals surface area (Å²) in [4.78, 5) is 5.19. The average Bonchev–Trinajstić information content (AvgIpc) is 2.60. The second-order valence-electron chi connectivity index (χ2n) is 5.80. The van der Waals surface area contributed by atoms with E-state index in [1.54, 1.807) is 0 Å². The van der Waals surface area contributed by atoms with Crippen LogP contribution < -0.4 is 5.32 Å².